The van der Waals surface area contributed by atoms with Gasteiger partial charge in [0.05, 0.1) is 18.8 Å². The largest absolute Gasteiger partial charge is 0.480 e. The van der Waals surface area contributed by atoms with E-state index in [4.69, 9.17) is 13.1 Å². The number of hydrogen-bond donors (Lipinski definition) is 1. The molecule has 2 aromatic rings. The summed E-state index contributed by atoms with van der Waals surface area (Å²) >= 11 is 2.75. The van der Waals surface area contributed by atoms with Gasteiger partial charge in [0.1, 0.15) is 4.75 Å². The van der Waals surface area contributed by atoms with Crippen molar-refractivity contribution in [1.82, 2.24) is 4.98 Å². The van der Waals surface area contributed by atoms with Gasteiger partial charge in [-0.3, -0.25) is 14.5 Å². The molecule has 0 spiro atoms. The molecule has 32 heavy (non-hydrogen) atoms. The molecule has 1 heterocycles. The predicted molar refractivity (Wildman–Crippen MR) is 133 cm³/mol. The summed E-state index contributed by atoms with van der Waals surface area (Å²) in [5.74, 6) is -0.855. The van der Waals surface area contributed by atoms with Crippen molar-refractivity contribution in [2.24, 2.45) is 0 Å². The second-order valence-electron chi connectivity index (χ2n) is 8.07. The van der Waals surface area contributed by atoms with E-state index in [1.54, 1.807) is 19.9 Å². The van der Waals surface area contributed by atoms with Crippen LogP contribution in [-0.4, -0.2) is 33.9 Å². The van der Waals surface area contributed by atoms with Gasteiger partial charge in [-0.2, -0.15) is 0 Å². The second kappa shape index (κ2) is 12.5. The molecule has 0 bridgehead atoms. The summed E-state index contributed by atoms with van der Waals surface area (Å²) in [4.78, 5) is 25.2. The Labute approximate surface area is 199 Å². The molecule has 1 aromatic carbocycles. The van der Waals surface area contributed by atoms with E-state index in [-0.39, 0.29) is 0 Å². The van der Waals surface area contributed by atoms with Crippen LogP contribution < -0.4 is 4.90 Å². The number of carbonyl (C=O) groups is 1. The van der Waals surface area contributed by atoms with Crippen molar-refractivity contribution in [2.45, 2.75) is 68.4 Å². The number of nitrogens with zero attached hydrogens (tertiary/aromatic N) is 4. The molecule has 0 unspecified atom stereocenters. The van der Waals surface area contributed by atoms with Crippen molar-refractivity contribution in [3.63, 3.8) is 0 Å². The molecular weight excluding hydrogens is 440 g/mol. The topological polar surface area (TPSA) is 62.2 Å². The number of thiazole rings is 1. The van der Waals surface area contributed by atoms with E-state index in [2.05, 4.69) is 26.5 Å². The third-order valence-corrected chi connectivity index (χ3v) is 7.30. The van der Waals surface area contributed by atoms with Gasteiger partial charge in [0.2, 0.25) is 0 Å². The Kier molecular flexibility index (Phi) is 10.0. The number of aromatic nitrogens is 1. The summed E-state index contributed by atoms with van der Waals surface area (Å²) in [6.45, 7) is 21.8. The number of benzene rings is 1. The molecule has 0 aliphatic rings. The van der Waals surface area contributed by atoms with Crippen LogP contribution in [0.4, 0.5) is 17.1 Å². The molecule has 0 aliphatic carbocycles. The maximum atomic E-state index is 11.4. The Balaban J connectivity index is 2.10. The lowest BCUT2D eigenvalue weighted by molar-refractivity contribution is -0.138. The molecule has 1 aromatic heterocycles. The third-order valence-electron chi connectivity index (χ3n) is 5.12. The van der Waals surface area contributed by atoms with Crippen LogP contribution in [0.3, 0.4) is 0 Å². The number of rotatable bonds is 13. The predicted octanol–water partition coefficient (Wildman–Crippen LogP) is 7.22. The smallest absolute Gasteiger partial charge is 0.319 e. The first-order valence-electron chi connectivity index (χ1n) is 10.8. The molecule has 6 nitrogen and oxygen atoms in total. The Morgan fingerprint density at radius 1 is 1.16 bits per heavy atom. The summed E-state index contributed by atoms with van der Waals surface area (Å²) < 4.78 is -0.157. The number of thioether (sulfide) groups is 1. The zero-order chi connectivity index (χ0) is 23.6. The molecule has 2 rings (SSSR count). The Bertz CT molecular complexity index is 989. The summed E-state index contributed by atoms with van der Waals surface area (Å²) in [5, 5.41) is 11.3. The zero-order valence-electron chi connectivity index (χ0n) is 18.9. The van der Waals surface area contributed by atoms with Gasteiger partial charge in [-0.15, -0.1) is 11.3 Å². The van der Waals surface area contributed by atoms with Gasteiger partial charge in [-0.1, -0.05) is 56.5 Å². The molecule has 0 saturated carbocycles. The number of carboxylic acid groups (broad SMARTS) is 1. The number of anilines is 1. The monoisotopic (exact) mass is 470 g/mol. The number of hydrogen-bond acceptors (Lipinski definition) is 5. The highest BCUT2D eigenvalue weighted by atomic mass is 32.2. The summed E-state index contributed by atoms with van der Waals surface area (Å²) in [6.07, 6.45) is 6.65. The average molecular weight is 471 g/mol. The first-order chi connectivity index (χ1) is 15.3. The lowest BCUT2D eigenvalue weighted by Crippen LogP contribution is -2.27. The van der Waals surface area contributed by atoms with Crippen LogP contribution in [0.5, 0.6) is 0 Å². The molecule has 8 heteroatoms. The van der Waals surface area contributed by atoms with Crippen molar-refractivity contribution >= 4 is 46.1 Å². The van der Waals surface area contributed by atoms with Crippen molar-refractivity contribution < 1.29 is 9.90 Å². The Morgan fingerprint density at radius 3 is 2.53 bits per heavy atom. The molecule has 1 N–H and O–H groups in total. The first-order valence-corrected chi connectivity index (χ1v) is 12.5. The SMILES string of the molecule is [C-]#[N+]c1ccc(N(CCCCCCC)CCc2csc(SC(C)(C)C(=O)O)n2)cc1[N+]#[C-]. The van der Waals surface area contributed by atoms with E-state index < -0.39 is 10.7 Å². The van der Waals surface area contributed by atoms with Crippen molar-refractivity contribution in [2.75, 3.05) is 18.0 Å². The normalized spacial score (nSPS) is 11.0. The quantitative estimate of drug-likeness (QED) is 0.190. The Morgan fingerprint density at radius 2 is 1.88 bits per heavy atom. The first kappa shape index (κ1) is 25.7. The zero-order valence-corrected chi connectivity index (χ0v) is 20.6. The second-order valence-corrected chi connectivity index (χ2v) is 10.8. The summed E-state index contributed by atoms with van der Waals surface area (Å²) in [6, 6.07) is 5.46. The maximum Gasteiger partial charge on any atom is 0.319 e. The van der Waals surface area contributed by atoms with E-state index in [1.165, 1.54) is 48.8 Å². The van der Waals surface area contributed by atoms with Crippen molar-refractivity contribution in [3.8, 4) is 0 Å². The van der Waals surface area contributed by atoms with Crippen LogP contribution in [0.25, 0.3) is 9.69 Å². The van der Waals surface area contributed by atoms with Gasteiger partial charge in [0, 0.05) is 30.6 Å². The van der Waals surface area contributed by atoms with Gasteiger partial charge in [-0.05, 0) is 26.3 Å². The fourth-order valence-corrected chi connectivity index (χ4v) is 5.36. The molecule has 170 valence electrons. The summed E-state index contributed by atoms with van der Waals surface area (Å²) in [7, 11) is 0. The number of unbranched alkanes of at least 4 members (excludes halogenated alkanes) is 4. The maximum absolute atomic E-state index is 11.4. The minimum Gasteiger partial charge on any atom is -0.480 e. The standard InChI is InChI=1S/C24H30N4O2S2/c1-6-7-8-9-10-14-28(19-11-12-20(25-4)21(16-19)26-5)15-13-18-17-31-23(27-18)32-24(2,3)22(29)30/h11-12,16-17H,6-10,13-15H2,1-3H3,(H,29,30). The number of carboxylic acids is 1. The van der Waals surface area contributed by atoms with Gasteiger partial charge in [-0.25, -0.2) is 4.98 Å². The summed E-state index contributed by atoms with van der Waals surface area (Å²) in [5.41, 5.74) is 2.67. The fraction of sp³-hybridized carbons (Fsp3) is 0.500. The lowest BCUT2D eigenvalue weighted by Gasteiger charge is -2.25. The van der Waals surface area contributed by atoms with E-state index >= 15 is 0 Å². The van der Waals surface area contributed by atoms with E-state index in [9.17, 15) is 9.90 Å². The lowest BCUT2D eigenvalue weighted by atomic mass is 10.1. The minimum atomic E-state index is -0.916. The highest BCUT2D eigenvalue weighted by molar-refractivity contribution is 8.02. The molecule has 0 atom stereocenters. The fourth-order valence-electron chi connectivity index (χ4n) is 3.13. The van der Waals surface area contributed by atoms with Crippen LogP contribution in [0, 0.1) is 13.1 Å². The van der Waals surface area contributed by atoms with E-state index in [1.807, 2.05) is 17.5 Å². The highest BCUT2D eigenvalue weighted by Gasteiger charge is 2.29. The molecule has 0 aliphatic heterocycles. The van der Waals surface area contributed by atoms with Crippen LogP contribution in [0.1, 0.15) is 58.6 Å². The third kappa shape index (κ3) is 7.55. The van der Waals surface area contributed by atoms with Crippen molar-refractivity contribution in [3.05, 3.63) is 52.1 Å². The van der Waals surface area contributed by atoms with Crippen LogP contribution in [-0.2, 0) is 11.2 Å². The highest BCUT2D eigenvalue weighted by Crippen LogP contribution is 2.35. The Hall–Kier alpha value is -2.55. The van der Waals surface area contributed by atoms with Crippen LogP contribution >= 0.6 is 23.1 Å². The van der Waals surface area contributed by atoms with Gasteiger partial charge < -0.3 is 10.0 Å². The van der Waals surface area contributed by atoms with Gasteiger partial charge in [0.25, 0.3) is 0 Å². The van der Waals surface area contributed by atoms with Crippen LogP contribution in [0.15, 0.2) is 27.9 Å². The molecule has 0 saturated heterocycles. The van der Waals surface area contributed by atoms with Crippen molar-refractivity contribution in [1.29, 1.82) is 0 Å². The van der Waals surface area contributed by atoms with E-state index in [0.717, 1.165) is 41.7 Å². The van der Waals surface area contributed by atoms with Crippen LogP contribution in [0.2, 0.25) is 0 Å². The molecular formula is C24H30N4O2S2. The van der Waals surface area contributed by atoms with Gasteiger partial charge in [0.15, 0.2) is 15.7 Å². The molecule has 0 radical (unpaired) electrons. The molecule has 0 fully saturated rings. The number of aliphatic carboxylic acids is 1. The van der Waals surface area contributed by atoms with Gasteiger partial charge >= 0.3 is 5.97 Å². The minimum absolute atomic E-state index is 0.383. The molecule has 0 amide bonds. The average Bonchev–Trinajstić information content (AvgIpc) is 3.21. The van der Waals surface area contributed by atoms with E-state index in [0.29, 0.717) is 11.4 Å².